The van der Waals surface area contributed by atoms with E-state index < -0.39 is 17.9 Å². The van der Waals surface area contributed by atoms with Crippen LogP contribution in [-0.2, 0) is 28.3 Å². The molecule has 1 fully saturated rings. The third-order valence-electron chi connectivity index (χ3n) is 9.15. The Bertz CT molecular complexity index is 1600. The van der Waals surface area contributed by atoms with Crippen LogP contribution in [0.15, 0.2) is 66.7 Å². The molecular formula is C35H37F2N3O5. The lowest BCUT2D eigenvalue weighted by Crippen LogP contribution is -2.54. The first-order valence-corrected chi connectivity index (χ1v) is 15.3. The molecule has 10 heteroatoms. The molecule has 0 saturated carbocycles. The van der Waals surface area contributed by atoms with Crippen molar-refractivity contribution in [3.63, 3.8) is 0 Å². The first-order chi connectivity index (χ1) is 21.5. The number of alkyl halides is 2. The van der Waals surface area contributed by atoms with Gasteiger partial charge in [-0.2, -0.15) is 0 Å². The van der Waals surface area contributed by atoms with Gasteiger partial charge in [0, 0.05) is 43.9 Å². The highest BCUT2D eigenvalue weighted by Crippen LogP contribution is 2.35. The second-order valence-corrected chi connectivity index (χ2v) is 12.3. The molecule has 0 spiro atoms. The van der Waals surface area contributed by atoms with E-state index in [1.165, 1.54) is 47.3 Å². The average molecular weight is 618 g/mol. The van der Waals surface area contributed by atoms with E-state index in [1.807, 2.05) is 12.1 Å². The van der Waals surface area contributed by atoms with Crippen LogP contribution in [0.3, 0.4) is 0 Å². The minimum Gasteiger partial charge on any atom is -0.490 e. The Morgan fingerprint density at radius 3 is 2.42 bits per heavy atom. The van der Waals surface area contributed by atoms with E-state index >= 15 is 0 Å². The number of nitrogens with zero attached hydrogens (tertiary/aromatic N) is 2. The highest BCUT2D eigenvalue weighted by Gasteiger charge is 2.40. The van der Waals surface area contributed by atoms with Crippen LogP contribution < -0.4 is 15.0 Å². The number of rotatable bonds is 6. The lowest BCUT2D eigenvalue weighted by Gasteiger charge is -2.42. The second kappa shape index (κ2) is 12.2. The summed E-state index contributed by atoms with van der Waals surface area (Å²) in [5.74, 6) is -3.83. The molecule has 0 aromatic heterocycles. The zero-order chi connectivity index (χ0) is 31.9. The van der Waals surface area contributed by atoms with Gasteiger partial charge in [0.2, 0.25) is 5.91 Å². The summed E-state index contributed by atoms with van der Waals surface area (Å²) in [6.07, 6.45) is 2.42. The number of amides is 3. The fourth-order valence-corrected chi connectivity index (χ4v) is 6.73. The molecule has 3 aliphatic rings. The Hall–Kier alpha value is -4.31. The number of hydrogen-bond acceptors (Lipinski definition) is 5. The highest BCUT2D eigenvalue weighted by atomic mass is 19.3. The fourth-order valence-electron chi connectivity index (χ4n) is 6.73. The van der Waals surface area contributed by atoms with Crippen molar-refractivity contribution in [2.45, 2.75) is 69.2 Å². The van der Waals surface area contributed by atoms with Crippen LogP contribution in [0.4, 0.5) is 14.5 Å². The Labute approximate surface area is 261 Å². The monoisotopic (exact) mass is 617 g/mol. The Morgan fingerprint density at radius 2 is 1.71 bits per heavy atom. The molecule has 3 aromatic rings. The van der Waals surface area contributed by atoms with Gasteiger partial charge in [-0.05, 0) is 61.1 Å². The molecule has 1 N–H and O–H groups in total. The first-order valence-electron chi connectivity index (χ1n) is 15.3. The van der Waals surface area contributed by atoms with E-state index in [-0.39, 0.29) is 59.7 Å². The summed E-state index contributed by atoms with van der Waals surface area (Å²) in [6.45, 7) is 0.934. The number of halogens is 2. The maximum absolute atomic E-state index is 14.2. The number of fused-ring (bicyclic) bond motifs is 3. The molecule has 2 heterocycles. The molecule has 0 unspecified atom stereocenters. The minimum atomic E-state index is -3.20. The van der Waals surface area contributed by atoms with Gasteiger partial charge in [-0.25, -0.2) is 8.78 Å². The Morgan fingerprint density at radius 1 is 1.02 bits per heavy atom. The van der Waals surface area contributed by atoms with Crippen LogP contribution in [0.1, 0.15) is 63.6 Å². The second-order valence-electron chi connectivity index (χ2n) is 12.3. The normalized spacial score (nSPS) is 21.5. The molecule has 3 aromatic carbocycles. The number of benzene rings is 3. The van der Waals surface area contributed by atoms with Crippen molar-refractivity contribution >= 4 is 23.4 Å². The van der Waals surface area contributed by atoms with Crippen LogP contribution in [0.2, 0.25) is 0 Å². The quantitative estimate of drug-likeness (QED) is 0.415. The van der Waals surface area contributed by atoms with Gasteiger partial charge in [0.1, 0.15) is 18.5 Å². The number of likely N-dealkylation sites (N-methyl/N-ethyl adjacent to an activating group) is 1. The molecule has 6 rings (SSSR count). The summed E-state index contributed by atoms with van der Waals surface area (Å²) >= 11 is 0. The average Bonchev–Trinajstić information content (AvgIpc) is 3.43. The van der Waals surface area contributed by atoms with Gasteiger partial charge in [0.15, 0.2) is 0 Å². The molecule has 8 nitrogen and oxygen atoms in total. The van der Waals surface area contributed by atoms with Crippen molar-refractivity contribution in [2.24, 2.45) is 0 Å². The maximum atomic E-state index is 14.2. The summed E-state index contributed by atoms with van der Waals surface area (Å²) in [5.41, 5.74) is 2.70. The third-order valence-corrected chi connectivity index (χ3v) is 9.15. The van der Waals surface area contributed by atoms with Gasteiger partial charge >= 0.3 is 0 Å². The van der Waals surface area contributed by atoms with Crippen molar-refractivity contribution in [1.29, 1.82) is 0 Å². The molecule has 1 saturated heterocycles. The van der Waals surface area contributed by atoms with Gasteiger partial charge < -0.3 is 24.6 Å². The number of anilines is 1. The van der Waals surface area contributed by atoms with E-state index in [0.717, 1.165) is 19.8 Å². The molecule has 0 radical (unpaired) electrons. The summed E-state index contributed by atoms with van der Waals surface area (Å²) < 4.78 is 40.9. The van der Waals surface area contributed by atoms with E-state index in [0.29, 0.717) is 24.3 Å². The molecule has 3 atom stereocenters. The van der Waals surface area contributed by atoms with Gasteiger partial charge in [-0.3, -0.25) is 14.4 Å². The van der Waals surface area contributed by atoms with Crippen molar-refractivity contribution in [1.82, 2.24) is 10.2 Å². The van der Waals surface area contributed by atoms with Crippen molar-refractivity contribution in [2.75, 3.05) is 25.6 Å². The summed E-state index contributed by atoms with van der Waals surface area (Å²) in [4.78, 5) is 42.8. The van der Waals surface area contributed by atoms with Crippen LogP contribution in [0.25, 0.3) is 0 Å². The number of carbonyl (C=O) groups is 3. The van der Waals surface area contributed by atoms with Gasteiger partial charge in [-0.15, -0.1) is 0 Å². The SMILES string of the molecule is CN(C(=O)c1ccccc1C(C)(F)F)c1ccc2c(c1)C(=O)N(C)[C@H]1CC[C@@H](CC(=O)NC3Cc4ccccc4C3)O[C@H]1CO2. The predicted octanol–water partition coefficient (Wildman–Crippen LogP) is 5.13. The Kier molecular flexibility index (Phi) is 8.35. The molecule has 236 valence electrons. The van der Waals surface area contributed by atoms with Crippen molar-refractivity contribution in [3.8, 4) is 5.75 Å². The molecule has 2 aliphatic heterocycles. The first kappa shape index (κ1) is 30.7. The fraction of sp³-hybridized carbons (Fsp3) is 0.400. The minimum absolute atomic E-state index is 0.0470. The molecule has 3 amide bonds. The van der Waals surface area contributed by atoms with E-state index in [9.17, 15) is 23.2 Å². The topological polar surface area (TPSA) is 88.2 Å². The number of ether oxygens (including phenoxy) is 2. The van der Waals surface area contributed by atoms with Gasteiger partial charge in [0.05, 0.1) is 24.1 Å². The lowest BCUT2D eigenvalue weighted by atomic mass is 9.94. The smallest absolute Gasteiger partial charge is 0.271 e. The molecule has 0 bridgehead atoms. The van der Waals surface area contributed by atoms with Crippen LogP contribution >= 0.6 is 0 Å². The standard InChI is InChI=1S/C35H37F2N3O5/c1-35(36,37)28-11-7-6-10-26(28)33(42)39(2)24-12-15-30-27(18-24)34(43)40(3)29-14-13-25(45-31(29)20-44-30)19-32(41)38-23-16-21-8-4-5-9-22(21)17-23/h4-12,15,18,23,25,29,31H,13-14,16-17,19-20H2,1-3H3,(H,38,41)/t25-,29-,31-/m0/s1. The third kappa shape index (κ3) is 6.29. The zero-order valence-corrected chi connectivity index (χ0v) is 25.6. The van der Waals surface area contributed by atoms with Gasteiger partial charge in [-0.1, -0.05) is 42.5 Å². The lowest BCUT2D eigenvalue weighted by molar-refractivity contribution is -0.134. The van der Waals surface area contributed by atoms with Crippen LogP contribution in [0.5, 0.6) is 5.75 Å². The molecular weight excluding hydrogens is 580 g/mol. The number of hydrogen-bond donors (Lipinski definition) is 1. The summed E-state index contributed by atoms with van der Waals surface area (Å²) in [7, 11) is 3.20. The predicted molar refractivity (Wildman–Crippen MR) is 165 cm³/mol. The largest absolute Gasteiger partial charge is 0.490 e. The van der Waals surface area contributed by atoms with E-state index in [2.05, 4.69) is 17.4 Å². The van der Waals surface area contributed by atoms with Crippen molar-refractivity contribution < 1.29 is 32.6 Å². The highest BCUT2D eigenvalue weighted by molar-refractivity contribution is 6.08. The van der Waals surface area contributed by atoms with Crippen LogP contribution in [0, 0.1) is 0 Å². The number of nitrogens with one attached hydrogen (secondary N) is 1. The molecule has 1 aliphatic carbocycles. The molecule has 45 heavy (non-hydrogen) atoms. The van der Waals surface area contributed by atoms with Crippen molar-refractivity contribution in [3.05, 3.63) is 94.5 Å². The number of carbonyl (C=O) groups excluding carboxylic acids is 3. The summed E-state index contributed by atoms with van der Waals surface area (Å²) in [6, 6.07) is 18.4. The summed E-state index contributed by atoms with van der Waals surface area (Å²) in [5, 5.41) is 3.16. The van der Waals surface area contributed by atoms with E-state index in [1.54, 1.807) is 30.1 Å². The van der Waals surface area contributed by atoms with Gasteiger partial charge in [0.25, 0.3) is 17.7 Å². The Balaban J connectivity index is 1.12. The maximum Gasteiger partial charge on any atom is 0.271 e. The van der Waals surface area contributed by atoms with E-state index in [4.69, 9.17) is 9.47 Å². The van der Waals surface area contributed by atoms with Crippen LogP contribution in [-0.4, -0.2) is 67.6 Å². The zero-order valence-electron chi connectivity index (χ0n) is 25.6.